The van der Waals surface area contributed by atoms with Crippen molar-refractivity contribution in [1.29, 1.82) is 0 Å². The maximum atomic E-state index is 12.2. The van der Waals surface area contributed by atoms with Gasteiger partial charge in [0.1, 0.15) is 23.8 Å². The molecule has 0 atom stereocenters. The second kappa shape index (κ2) is 7.84. The number of nitrogens with zero attached hydrogens (tertiary/aromatic N) is 2. The number of methoxy groups -OCH3 is 1. The fourth-order valence-electron chi connectivity index (χ4n) is 2.56. The van der Waals surface area contributed by atoms with Crippen molar-refractivity contribution in [1.82, 2.24) is 4.98 Å². The van der Waals surface area contributed by atoms with Gasteiger partial charge in [0.25, 0.3) is 6.33 Å². The summed E-state index contributed by atoms with van der Waals surface area (Å²) >= 11 is 0. The Morgan fingerprint density at radius 1 is 1.04 bits per heavy atom. The summed E-state index contributed by atoms with van der Waals surface area (Å²) in [6.07, 6.45) is 1.25. The van der Waals surface area contributed by atoms with Crippen molar-refractivity contribution in [3.05, 3.63) is 65.6 Å². The van der Waals surface area contributed by atoms with E-state index in [9.17, 15) is 10.3 Å². The Morgan fingerprint density at radius 3 is 2.46 bits per heavy atom. The molecule has 0 unspecified atom stereocenters. The minimum atomic E-state index is 0.229. The molecule has 6 heteroatoms. The van der Waals surface area contributed by atoms with Gasteiger partial charge in [-0.15, -0.1) is 0 Å². The van der Waals surface area contributed by atoms with Crippen LogP contribution in [-0.2, 0) is 4.74 Å². The monoisotopic (exact) mass is 352 g/mol. The Hall–Kier alpha value is -3.12. The van der Waals surface area contributed by atoms with Crippen molar-refractivity contribution in [2.75, 3.05) is 20.3 Å². The highest BCUT2D eigenvalue weighted by molar-refractivity contribution is 5.67. The molecular weight excluding hydrogens is 332 g/mol. The Kier molecular flexibility index (Phi) is 5.34. The van der Waals surface area contributed by atoms with E-state index in [0.29, 0.717) is 30.4 Å². The van der Waals surface area contributed by atoms with Gasteiger partial charge in [-0.2, -0.15) is 0 Å². The normalized spacial score (nSPS) is 10.7. The van der Waals surface area contributed by atoms with Gasteiger partial charge in [-0.1, -0.05) is 0 Å². The number of benzene rings is 2. The number of phenolic OH excluding ortho intramolecular Hbond substituents is 1. The van der Waals surface area contributed by atoms with Gasteiger partial charge in [0.15, 0.2) is 5.69 Å². The number of hydrogen-bond donors (Lipinski definition) is 1. The molecule has 0 saturated carbocycles. The van der Waals surface area contributed by atoms with Crippen LogP contribution in [0.5, 0.6) is 11.5 Å². The van der Waals surface area contributed by atoms with Crippen LogP contribution in [0.15, 0.2) is 54.9 Å². The Bertz CT molecular complexity index is 895. The van der Waals surface area contributed by atoms with Crippen LogP contribution in [0.1, 0.15) is 5.56 Å². The number of aromatic hydroxyl groups is 1. The zero-order chi connectivity index (χ0) is 18.5. The maximum absolute atomic E-state index is 12.2. The van der Waals surface area contributed by atoms with Gasteiger partial charge in [-0.25, -0.2) is 4.73 Å². The summed E-state index contributed by atoms with van der Waals surface area (Å²) in [7, 11) is 1.62. The van der Waals surface area contributed by atoms with Crippen molar-refractivity contribution < 1.29 is 19.3 Å². The molecule has 0 amide bonds. The first-order valence-corrected chi connectivity index (χ1v) is 8.20. The molecule has 0 aliphatic rings. The smallest absolute Gasteiger partial charge is 0.290 e. The molecule has 134 valence electrons. The molecule has 1 heterocycles. The van der Waals surface area contributed by atoms with Gasteiger partial charge in [-0.05, 0) is 59.9 Å². The molecule has 2 aromatic carbocycles. The molecule has 1 N–H and O–H groups in total. The molecule has 0 saturated heterocycles. The molecule has 0 bridgehead atoms. The number of aryl methyl sites for hydroxylation is 1. The summed E-state index contributed by atoms with van der Waals surface area (Å²) in [4.78, 5) is 4.20. The van der Waals surface area contributed by atoms with Crippen LogP contribution in [0.2, 0.25) is 0 Å². The summed E-state index contributed by atoms with van der Waals surface area (Å²) in [5.41, 5.74) is 3.50. The van der Waals surface area contributed by atoms with Crippen LogP contribution >= 0.6 is 0 Å². The van der Waals surface area contributed by atoms with Gasteiger partial charge in [0, 0.05) is 24.3 Å². The average Bonchev–Trinajstić information content (AvgIpc) is 2.65. The highest BCUT2D eigenvalue weighted by Crippen LogP contribution is 2.26. The molecule has 3 rings (SSSR count). The van der Waals surface area contributed by atoms with Crippen LogP contribution in [0.25, 0.3) is 22.5 Å². The van der Waals surface area contributed by atoms with Crippen molar-refractivity contribution in [2.45, 2.75) is 6.92 Å². The molecule has 0 spiro atoms. The first-order chi connectivity index (χ1) is 12.6. The number of aromatic nitrogens is 2. The topological polar surface area (TPSA) is 78.5 Å². The predicted molar refractivity (Wildman–Crippen MR) is 97.8 cm³/mol. The summed E-state index contributed by atoms with van der Waals surface area (Å²) in [5, 5.41) is 21.9. The number of ether oxygens (including phenoxy) is 2. The van der Waals surface area contributed by atoms with Gasteiger partial charge < -0.3 is 19.8 Å². The fourth-order valence-corrected chi connectivity index (χ4v) is 2.56. The second-order valence-electron chi connectivity index (χ2n) is 5.85. The molecule has 3 aromatic rings. The number of phenols is 1. The summed E-state index contributed by atoms with van der Waals surface area (Å²) in [6.45, 7) is 2.80. The summed E-state index contributed by atoms with van der Waals surface area (Å²) in [5.74, 6) is 0.944. The van der Waals surface area contributed by atoms with Crippen LogP contribution in [-0.4, -0.2) is 30.4 Å². The molecule has 0 fully saturated rings. The van der Waals surface area contributed by atoms with E-state index in [0.717, 1.165) is 21.4 Å². The van der Waals surface area contributed by atoms with Crippen LogP contribution in [0, 0.1) is 12.1 Å². The van der Waals surface area contributed by atoms with Gasteiger partial charge in [0.2, 0.25) is 0 Å². The Balaban J connectivity index is 1.89. The lowest BCUT2D eigenvalue weighted by molar-refractivity contribution is -0.597. The van der Waals surface area contributed by atoms with Crippen molar-refractivity contribution >= 4 is 0 Å². The first kappa shape index (κ1) is 17.7. The highest BCUT2D eigenvalue weighted by Gasteiger charge is 2.13. The van der Waals surface area contributed by atoms with E-state index in [1.165, 1.54) is 6.33 Å². The number of rotatable bonds is 6. The minimum Gasteiger partial charge on any atom is -0.710 e. The average molecular weight is 352 g/mol. The SMILES string of the molecule is COCCOc1ccc(-c2cc(-c3ccc(O)c(C)c3)nc[n+]2[O-])cc1. The van der Waals surface area contributed by atoms with E-state index in [1.807, 2.05) is 37.3 Å². The maximum Gasteiger partial charge on any atom is 0.290 e. The zero-order valence-corrected chi connectivity index (χ0v) is 14.7. The molecule has 6 nitrogen and oxygen atoms in total. The standard InChI is InChI=1S/C20H20N2O4/c1-14-11-16(5-8-20(14)23)18-12-19(22(24)13-21-18)15-3-6-17(7-4-15)26-10-9-25-2/h3-8,11-13,23H,9-10H2,1-2H3. The van der Waals surface area contributed by atoms with E-state index in [2.05, 4.69) is 4.98 Å². The van der Waals surface area contributed by atoms with E-state index < -0.39 is 0 Å². The fraction of sp³-hybridized carbons (Fsp3) is 0.200. The Morgan fingerprint density at radius 2 is 1.77 bits per heavy atom. The molecule has 0 aliphatic carbocycles. The quantitative estimate of drug-likeness (QED) is 0.419. The molecule has 0 aliphatic heterocycles. The Labute approximate surface area is 151 Å². The molecule has 0 radical (unpaired) electrons. The van der Waals surface area contributed by atoms with E-state index >= 15 is 0 Å². The van der Waals surface area contributed by atoms with Crippen LogP contribution in [0.4, 0.5) is 0 Å². The van der Waals surface area contributed by atoms with Crippen molar-refractivity contribution in [3.63, 3.8) is 0 Å². The van der Waals surface area contributed by atoms with Crippen molar-refractivity contribution in [3.8, 4) is 34.0 Å². The van der Waals surface area contributed by atoms with Crippen molar-refractivity contribution in [2.24, 2.45) is 0 Å². The summed E-state index contributed by atoms with van der Waals surface area (Å²) < 4.78 is 11.2. The highest BCUT2D eigenvalue weighted by atomic mass is 16.5. The van der Waals surface area contributed by atoms with E-state index in [-0.39, 0.29) is 5.75 Å². The minimum absolute atomic E-state index is 0.229. The third kappa shape index (κ3) is 3.92. The van der Waals surface area contributed by atoms with Gasteiger partial charge in [-0.3, -0.25) is 0 Å². The third-order valence-corrected chi connectivity index (χ3v) is 4.01. The van der Waals surface area contributed by atoms with Gasteiger partial charge in [0.05, 0.1) is 6.61 Å². The zero-order valence-electron chi connectivity index (χ0n) is 14.7. The third-order valence-electron chi connectivity index (χ3n) is 4.01. The lowest BCUT2D eigenvalue weighted by Crippen LogP contribution is -2.29. The lowest BCUT2D eigenvalue weighted by Gasteiger charge is -2.10. The first-order valence-electron chi connectivity index (χ1n) is 8.20. The molecule has 26 heavy (non-hydrogen) atoms. The van der Waals surface area contributed by atoms with E-state index in [1.54, 1.807) is 25.3 Å². The largest absolute Gasteiger partial charge is 0.710 e. The lowest BCUT2D eigenvalue weighted by atomic mass is 10.1. The summed E-state index contributed by atoms with van der Waals surface area (Å²) in [6, 6.07) is 14.3. The van der Waals surface area contributed by atoms with Crippen LogP contribution in [0.3, 0.4) is 0 Å². The van der Waals surface area contributed by atoms with Gasteiger partial charge >= 0.3 is 0 Å². The molecule has 1 aromatic heterocycles. The van der Waals surface area contributed by atoms with E-state index in [4.69, 9.17) is 9.47 Å². The molecular formula is C20H20N2O4. The predicted octanol–water partition coefficient (Wildman–Crippen LogP) is 3.09. The second-order valence-corrected chi connectivity index (χ2v) is 5.85. The number of hydrogen-bond acceptors (Lipinski definition) is 5. The van der Waals surface area contributed by atoms with Crippen LogP contribution < -0.4 is 9.47 Å².